The molecular formula is C22H48O16Si4. The Balaban J connectivity index is 2.29. The minimum absolute atomic E-state index is 0.342. The van der Waals surface area contributed by atoms with Crippen LogP contribution in [0.3, 0.4) is 0 Å². The van der Waals surface area contributed by atoms with E-state index in [-0.39, 0.29) is 0 Å². The smallest absolute Gasteiger partial charge is 0.355 e. The highest BCUT2D eigenvalue weighted by atomic mass is 28.4. The van der Waals surface area contributed by atoms with Gasteiger partial charge in [0, 0.05) is 124 Å². The van der Waals surface area contributed by atoms with Gasteiger partial charge in [0.05, 0.1) is 22.4 Å². The van der Waals surface area contributed by atoms with E-state index in [9.17, 15) is 0 Å². The topological polar surface area (TPSA) is 148 Å². The lowest BCUT2D eigenvalue weighted by Gasteiger charge is -2.70. The van der Waals surface area contributed by atoms with Crippen molar-refractivity contribution in [2.75, 3.05) is 85.3 Å². The van der Waals surface area contributed by atoms with E-state index in [1.165, 1.54) is 85.3 Å². The third kappa shape index (κ3) is 6.69. The molecule has 16 nitrogen and oxygen atoms in total. The van der Waals surface area contributed by atoms with Gasteiger partial charge in [0.25, 0.3) is 0 Å². The van der Waals surface area contributed by atoms with Gasteiger partial charge in [-0.05, 0) is 0 Å². The Labute approximate surface area is 253 Å². The minimum atomic E-state index is -3.67. The molecule has 0 N–H and O–H groups in total. The first-order valence-corrected chi connectivity index (χ1v) is 19.8. The van der Waals surface area contributed by atoms with Crippen LogP contribution in [0.4, 0.5) is 0 Å². The van der Waals surface area contributed by atoms with E-state index < -0.39 is 58.6 Å². The Morgan fingerprint density at radius 3 is 0.476 bits per heavy atom. The summed E-state index contributed by atoms with van der Waals surface area (Å²) in [5.74, 6) is 0. The normalized spacial score (nSPS) is 31.7. The van der Waals surface area contributed by atoms with Crippen LogP contribution in [0.5, 0.6) is 0 Å². The largest absolute Gasteiger partial charge is 0.679 e. The van der Waals surface area contributed by atoms with Crippen LogP contribution in [0.1, 0.15) is 38.5 Å². The summed E-state index contributed by atoms with van der Waals surface area (Å²) >= 11 is 0. The molecule has 4 bridgehead atoms. The predicted octanol–water partition coefficient (Wildman–Crippen LogP) is 0.889. The van der Waals surface area contributed by atoms with Crippen molar-refractivity contribution < 1.29 is 70.8 Å². The molecule has 0 aromatic carbocycles. The zero-order chi connectivity index (χ0) is 31.6. The molecule has 0 aromatic rings. The Hall–Kier alpha value is 0.228. The molecule has 0 aliphatic heterocycles. The van der Waals surface area contributed by atoms with Crippen LogP contribution in [0.25, 0.3) is 0 Å². The van der Waals surface area contributed by atoms with Crippen molar-refractivity contribution in [3.63, 3.8) is 0 Å². The van der Waals surface area contributed by atoms with Gasteiger partial charge >= 0.3 is 36.2 Å². The fourth-order valence-electron chi connectivity index (χ4n) is 7.27. The molecule has 0 aromatic heterocycles. The van der Waals surface area contributed by atoms with Crippen LogP contribution >= 0.6 is 0 Å². The van der Waals surface area contributed by atoms with Gasteiger partial charge < -0.3 is 70.8 Å². The molecule has 0 atom stereocenters. The van der Waals surface area contributed by atoms with E-state index >= 15 is 0 Å². The minimum Gasteiger partial charge on any atom is -0.355 e. The van der Waals surface area contributed by atoms with Crippen molar-refractivity contribution >= 4 is 36.2 Å². The molecule has 4 fully saturated rings. The summed E-state index contributed by atoms with van der Waals surface area (Å²) in [6, 6.07) is 0. The summed E-state index contributed by atoms with van der Waals surface area (Å²) in [5, 5.41) is 0. The maximum atomic E-state index is 6.82. The molecule has 0 saturated heterocycles. The van der Waals surface area contributed by atoms with Gasteiger partial charge in [0.1, 0.15) is 0 Å². The van der Waals surface area contributed by atoms with E-state index in [1.54, 1.807) is 0 Å². The average Bonchev–Trinajstić information content (AvgIpc) is 2.99. The molecule has 0 unspecified atom stereocenters. The fourth-order valence-corrected chi connectivity index (χ4v) is 13.3. The van der Waals surface area contributed by atoms with E-state index in [0.717, 1.165) is 0 Å². The zero-order valence-corrected chi connectivity index (χ0v) is 30.8. The Bertz CT molecular complexity index is 676. The predicted molar refractivity (Wildman–Crippen MR) is 150 cm³/mol. The highest BCUT2D eigenvalue weighted by molar-refractivity contribution is 6.54. The Kier molecular flexibility index (Phi) is 11.8. The standard InChI is InChI=1S/C22H48O16Si4/c1-23-39(24-2,25-3)35-19-13-20(36-40(26-4,27-5)28-6)16-21(14-19,37-41(29-7,30-8)31-9)18-22(15-19,17-20)38-42(32-10,33-11)34-12/h13-18H2,1-12H3. The van der Waals surface area contributed by atoms with Gasteiger partial charge in [-0.1, -0.05) is 0 Å². The van der Waals surface area contributed by atoms with Crippen molar-refractivity contribution in [1.82, 2.24) is 0 Å². The van der Waals surface area contributed by atoms with Gasteiger partial charge in [-0.2, -0.15) is 0 Å². The highest BCUT2D eigenvalue weighted by Gasteiger charge is 2.77. The van der Waals surface area contributed by atoms with E-state index in [0.29, 0.717) is 38.5 Å². The molecule has 42 heavy (non-hydrogen) atoms. The summed E-state index contributed by atoms with van der Waals surface area (Å²) in [4.78, 5) is 0. The molecule has 0 radical (unpaired) electrons. The van der Waals surface area contributed by atoms with Crippen LogP contribution in [-0.2, 0) is 70.8 Å². The summed E-state index contributed by atoms with van der Waals surface area (Å²) in [6.45, 7) is 0. The van der Waals surface area contributed by atoms with Crippen LogP contribution < -0.4 is 0 Å². The second kappa shape index (κ2) is 13.5. The zero-order valence-electron chi connectivity index (χ0n) is 26.8. The third-order valence-corrected chi connectivity index (χ3v) is 17.0. The lowest BCUT2D eigenvalue weighted by molar-refractivity contribution is -0.310. The quantitative estimate of drug-likeness (QED) is 0.168. The summed E-state index contributed by atoms with van der Waals surface area (Å²) < 4.78 is 95.9. The van der Waals surface area contributed by atoms with Gasteiger partial charge in [0.2, 0.25) is 0 Å². The SMILES string of the molecule is CO[Si](OC)(OC)OC12CC3(O[Si](OC)(OC)OC)CC(O[Si](OC)(OC)OC)(C1)CC(O[Si](OC)(OC)OC)(C2)C3. The van der Waals surface area contributed by atoms with E-state index in [2.05, 4.69) is 0 Å². The molecule has 4 rings (SSSR count). The maximum absolute atomic E-state index is 6.82. The molecule has 0 spiro atoms. The second-order valence-electron chi connectivity index (χ2n) is 10.7. The lowest BCUT2D eigenvalue weighted by Crippen LogP contribution is -2.79. The molecule has 0 heterocycles. The van der Waals surface area contributed by atoms with Crippen molar-refractivity contribution in [3.8, 4) is 0 Å². The number of rotatable bonds is 20. The van der Waals surface area contributed by atoms with Gasteiger partial charge in [-0.15, -0.1) is 0 Å². The van der Waals surface area contributed by atoms with Crippen molar-refractivity contribution in [1.29, 1.82) is 0 Å². The molecule has 4 saturated carbocycles. The first-order valence-electron chi connectivity index (χ1n) is 13.2. The van der Waals surface area contributed by atoms with Crippen LogP contribution in [0.15, 0.2) is 0 Å². The molecule has 4 aliphatic rings. The first kappa shape index (κ1) is 36.7. The van der Waals surface area contributed by atoms with Crippen molar-refractivity contribution in [3.05, 3.63) is 0 Å². The van der Waals surface area contributed by atoms with E-state index in [4.69, 9.17) is 70.8 Å². The van der Waals surface area contributed by atoms with Crippen molar-refractivity contribution in [2.24, 2.45) is 0 Å². The number of hydrogen-bond acceptors (Lipinski definition) is 16. The Morgan fingerprint density at radius 1 is 0.262 bits per heavy atom. The third-order valence-electron chi connectivity index (χ3n) is 8.23. The summed E-state index contributed by atoms with van der Waals surface area (Å²) in [5.41, 5.74) is -4.21. The first-order chi connectivity index (χ1) is 19.8. The van der Waals surface area contributed by atoms with Crippen LogP contribution in [-0.4, -0.2) is 144 Å². The van der Waals surface area contributed by atoms with Crippen LogP contribution in [0, 0.1) is 0 Å². The number of hydrogen-bond donors (Lipinski definition) is 0. The van der Waals surface area contributed by atoms with Gasteiger partial charge in [-0.3, -0.25) is 0 Å². The maximum Gasteiger partial charge on any atom is 0.679 e. The fraction of sp³-hybridized carbons (Fsp3) is 1.00. The molecular weight excluding hydrogens is 633 g/mol. The van der Waals surface area contributed by atoms with Gasteiger partial charge in [-0.25, -0.2) is 0 Å². The summed E-state index contributed by atoms with van der Waals surface area (Å²) in [6.07, 6.45) is 2.05. The molecule has 248 valence electrons. The van der Waals surface area contributed by atoms with Crippen LogP contribution in [0.2, 0.25) is 0 Å². The van der Waals surface area contributed by atoms with Gasteiger partial charge in [0.15, 0.2) is 0 Å². The highest BCUT2D eigenvalue weighted by Crippen LogP contribution is 2.67. The monoisotopic (exact) mass is 680 g/mol. The Morgan fingerprint density at radius 2 is 0.381 bits per heavy atom. The van der Waals surface area contributed by atoms with Crippen molar-refractivity contribution in [2.45, 2.75) is 60.9 Å². The second-order valence-corrected chi connectivity index (χ2v) is 20.4. The summed E-state index contributed by atoms with van der Waals surface area (Å²) in [7, 11) is 3.01. The average molecular weight is 681 g/mol. The molecule has 0 amide bonds. The lowest BCUT2D eigenvalue weighted by atomic mass is 9.48. The molecule has 20 heteroatoms. The van der Waals surface area contributed by atoms with E-state index in [1.807, 2.05) is 0 Å². The molecule has 4 aliphatic carbocycles.